The Kier molecular flexibility index (Phi) is 5.03. The number of carbonyl (C=O) groups excluding carboxylic acids is 1. The van der Waals surface area contributed by atoms with Crippen LogP contribution in [0.5, 0.6) is 11.8 Å². The van der Waals surface area contributed by atoms with Crippen molar-refractivity contribution in [2.24, 2.45) is 0 Å². The highest BCUT2D eigenvalue weighted by Crippen LogP contribution is 2.41. The van der Waals surface area contributed by atoms with Crippen LogP contribution < -0.4 is 14.8 Å². The first-order valence-electron chi connectivity index (χ1n) is 8.81. The topological polar surface area (TPSA) is 73.3 Å². The molecule has 1 saturated carbocycles. The van der Waals surface area contributed by atoms with Crippen molar-refractivity contribution in [3.05, 3.63) is 47.0 Å². The number of hydrogen-bond acceptors (Lipinski definition) is 6. The maximum atomic E-state index is 13.5. The molecule has 0 atom stereocenters. The summed E-state index contributed by atoms with van der Waals surface area (Å²) in [6.07, 6.45) is -2.41. The zero-order valence-corrected chi connectivity index (χ0v) is 16.0. The fourth-order valence-corrected chi connectivity index (χ4v) is 4.04. The monoisotopic (exact) mass is 423 g/mol. The summed E-state index contributed by atoms with van der Waals surface area (Å²) < 4.78 is 51.8. The summed E-state index contributed by atoms with van der Waals surface area (Å²) in [6.45, 7) is 0. The van der Waals surface area contributed by atoms with Crippen LogP contribution in [0.1, 0.15) is 28.8 Å². The van der Waals surface area contributed by atoms with E-state index in [1.165, 1.54) is 12.4 Å². The number of fused-ring (bicyclic) bond motifs is 1. The number of alkyl halides is 3. The lowest BCUT2D eigenvalue weighted by Crippen LogP contribution is -2.41. The maximum Gasteiger partial charge on any atom is 0.418 e. The number of rotatable bonds is 5. The molecule has 0 unspecified atom stereocenters. The number of thiophene rings is 1. The highest BCUT2D eigenvalue weighted by molar-refractivity contribution is 7.17. The van der Waals surface area contributed by atoms with E-state index in [0.717, 1.165) is 17.4 Å². The Morgan fingerprint density at radius 2 is 1.93 bits per heavy atom. The molecule has 1 fully saturated rings. The fraction of sp³-hybridized carbons (Fsp3) is 0.316. The predicted molar refractivity (Wildman–Crippen MR) is 100 cm³/mol. The largest absolute Gasteiger partial charge is 0.474 e. The van der Waals surface area contributed by atoms with E-state index in [1.807, 2.05) is 0 Å². The minimum Gasteiger partial charge on any atom is -0.474 e. The third kappa shape index (κ3) is 3.98. The summed E-state index contributed by atoms with van der Waals surface area (Å²) in [4.78, 5) is 20.2. The Bertz CT molecular complexity index is 1030. The van der Waals surface area contributed by atoms with Gasteiger partial charge in [0.2, 0.25) is 11.8 Å². The third-order valence-corrected chi connectivity index (χ3v) is 5.54. The van der Waals surface area contributed by atoms with Crippen LogP contribution in [0.4, 0.5) is 13.2 Å². The van der Waals surface area contributed by atoms with Crippen LogP contribution >= 0.6 is 11.3 Å². The van der Waals surface area contributed by atoms with Crippen molar-refractivity contribution in [2.45, 2.75) is 31.2 Å². The summed E-state index contributed by atoms with van der Waals surface area (Å²) in [5, 5.41) is 3.78. The Labute approximate surface area is 167 Å². The fourth-order valence-electron chi connectivity index (χ4n) is 3.02. The van der Waals surface area contributed by atoms with Crippen LogP contribution in [0.25, 0.3) is 10.2 Å². The molecule has 1 aliphatic carbocycles. The number of aromatic nitrogens is 2. The summed E-state index contributed by atoms with van der Waals surface area (Å²) in [7, 11) is 1.41. The van der Waals surface area contributed by atoms with Gasteiger partial charge in [0.15, 0.2) is 0 Å². The molecule has 1 amide bonds. The Morgan fingerprint density at radius 1 is 1.21 bits per heavy atom. The number of hydrogen-bond donors (Lipinski definition) is 1. The minimum atomic E-state index is -4.59. The van der Waals surface area contributed by atoms with Gasteiger partial charge in [0, 0.05) is 43.6 Å². The molecule has 0 saturated heterocycles. The molecule has 10 heteroatoms. The van der Waals surface area contributed by atoms with Gasteiger partial charge in [0.05, 0.1) is 21.3 Å². The summed E-state index contributed by atoms with van der Waals surface area (Å²) in [6, 6.07) is 6.20. The van der Waals surface area contributed by atoms with E-state index in [0.29, 0.717) is 18.7 Å². The second kappa shape index (κ2) is 7.51. The average molecular weight is 423 g/mol. The summed E-state index contributed by atoms with van der Waals surface area (Å²) in [5.74, 6) is -0.167. The molecule has 0 radical (unpaired) electrons. The number of pyridine rings is 2. The zero-order chi connectivity index (χ0) is 20.6. The highest BCUT2D eigenvalue weighted by Gasteiger charge is 2.37. The molecule has 152 valence electrons. The van der Waals surface area contributed by atoms with Crippen LogP contribution in [-0.4, -0.2) is 35.1 Å². The zero-order valence-electron chi connectivity index (χ0n) is 15.2. The molecule has 29 heavy (non-hydrogen) atoms. The van der Waals surface area contributed by atoms with Crippen molar-refractivity contribution in [3.8, 4) is 11.8 Å². The first kappa shape index (κ1) is 19.4. The predicted octanol–water partition coefficient (Wildman–Crippen LogP) is 4.06. The van der Waals surface area contributed by atoms with Gasteiger partial charge in [-0.15, -0.1) is 11.3 Å². The van der Waals surface area contributed by atoms with Gasteiger partial charge >= 0.3 is 6.18 Å². The molecule has 3 aromatic rings. The van der Waals surface area contributed by atoms with Crippen LogP contribution in [-0.2, 0) is 6.18 Å². The number of nitrogens with one attached hydrogen (secondary N) is 1. The van der Waals surface area contributed by atoms with E-state index in [-0.39, 0.29) is 33.9 Å². The second-order valence-electron chi connectivity index (χ2n) is 6.53. The van der Waals surface area contributed by atoms with Gasteiger partial charge in [-0.05, 0) is 6.07 Å². The number of carbonyl (C=O) groups is 1. The molecule has 0 aliphatic heterocycles. The molecule has 3 aromatic heterocycles. The molecular formula is C19H16F3N3O3S. The SMILES string of the molecule is CNC(=O)c1csc2c(C(F)(F)F)cc(O[C@H]3C[C@@H](Oc4ccccn4)C3)nc12. The lowest BCUT2D eigenvalue weighted by Gasteiger charge is -2.34. The molecule has 3 heterocycles. The van der Waals surface area contributed by atoms with E-state index < -0.39 is 17.6 Å². The van der Waals surface area contributed by atoms with Crippen molar-refractivity contribution in [1.82, 2.24) is 15.3 Å². The van der Waals surface area contributed by atoms with Crippen molar-refractivity contribution in [1.29, 1.82) is 0 Å². The maximum absolute atomic E-state index is 13.5. The molecule has 0 spiro atoms. The number of halogens is 3. The van der Waals surface area contributed by atoms with Gasteiger partial charge in [-0.3, -0.25) is 4.79 Å². The van der Waals surface area contributed by atoms with Gasteiger partial charge < -0.3 is 14.8 Å². The normalized spacial score (nSPS) is 18.9. The lowest BCUT2D eigenvalue weighted by atomic mass is 9.92. The molecule has 0 bridgehead atoms. The molecule has 1 aliphatic rings. The number of ether oxygens (including phenoxy) is 2. The molecule has 1 N–H and O–H groups in total. The van der Waals surface area contributed by atoms with Gasteiger partial charge in [-0.25, -0.2) is 9.97 Å². The molecule has 0 aromatic carbocycles. The van der Waals surface area contributed by atoms with Crippen molar-refractivity contribution in [2.75, 3.05) is 7.05 Å². The molecule has 6 nitrogen and oxygen atoms in total. The average Bonchev–Trinajstić information content (AvgIpc) is 3.09. The Hall–Kier alpha value is -2.88. The van der Waals surface area contributed by atoms with Crippen LogP contribution in [0.2, 0.25) is 0 Å². The summed E-state index contributed by atoms with van der Waals surface area (Å²) in [5.41, 5.74) is -0.786. The van der Waals surface area contributed by atoms with Gasteiger partial charge in [0.25, 0.3) is 5.91 Å². The molecular weight excluding hydrogens is 407 g/mol. The lowest BCUT2D eigenvalue weighted by molar-refractivity contribution is -0.136. The molecule has 4 rings (SSSR count). The van der Waals surface area contributed by atoms with E-state index in [9.17, 15) is 18.0 Å². The Balaban J connectivity index is 1.54. The number of amides is 1. The van der Waals surface area contributed by atoms with E-state index in [4.69, 9.17) is 9.47 Å². The third-order valence-electron chi connectivity index (χ3n) is 4.54. The van der Waals surface area contributed by atoms with Crippen LogP contribution in [0.15, 0.2) is 35.8 Å². The smallest absolute Gasteiger partial charge is 0.418 e. The quantitative estimate of drug-likeness (QED) is 0.670. The number of nitrogens with zero attached hydrogens (tertiary/aromatic N) is 2. The van der Waals surface area contributed by atoms with E-state index >= 15 is 0 Å². The van der Waals surface area contributed by atoms with E-state index in [2.05, 4.69) is 15.3 Å². The van der Waals surface area contributed by atoms with Gasteiger partial charge in [-0.1, -0.05) is 6.07 Å². The first-order valence-corrected chi connectivity index (χ1v) is 9.69. The minimum absolute atomic E-state index is 0.0141. The van der Waals surface area contributed by atoms with Crippen molar-refractivity contribution in [3.63, 3.8) is 0 Å². The standard InChI is InChI=1S/C19H16F3N3O3S/c1-23-18(26)12-9-29-17-13(19(20,21)22)8-15(25-16(12)17)28-11-6-10(7-11)27-14-4-2-3-5-24-14/h2-5,8-11H,6-7H2,1H3,(H,23,26)/t10-,11+. The first-order chi connectivity index (χ1) is 13.8. The van der Waals surface area contributed by atoms with Crippen molar-refractivity contribution < 1.29 is 27.4 Å². The van der Waals surface area contributed by atoms with Gasteiger partial charge in [0.1, 0.15) is 12.2 Å². The Morgan fingerprint density at radius 3 is 2.55 bits per heavy atom. The van der Waals surface area contributed by atoms with Gasteiger partial charge in [-0.2, -0.15) is 13.2 Å². The van der Waals surface area contributed by atoms with E-state index in [1.54, 1.807) is 24.4 Å². The second-order valence-corrected chi connectivity index (χ2v) is 7.41. The summed E-state index contributed by atoms with van der Waals surface area (Å²) >= 11 is 0.834. The van der Waals surface area contributed by atoms with Crippen LogP contribution in [0.3, 0.4) is 0 Å². The van der Waals surface area contributed by atoms with Crippen LogP contribution in [0, 0.1) is 0 Å². The highest BCUT2D eigenvalue weighted by atomic mass is 32.1. The van der Waals surface area contributed by atoms with Crippen molar-refractivity contribution >= 4 is 27.5 Å².